The maximum atomic E-state index is 9.41. The van der Waals surface area contributed by atoms with E-state index in [1.54, 1.807) is 12.1 Å². The van der Waals surface area contributed by atoms with E-state index in [9.17, 15) is 5.11 Å². The number of benzene rings is 2. The summed E-state index contributed by atoms with van der Waals surface area (Å²) in [5.41, 5.74) is 4.95. The molecular formula is C17H20ClNO. The van der Waals surface area contributed by atoms with E-state index in [2.05, 4.69) is 44.3 Å². The normalized spacial score (nSPS) is 12.4. The monoisotopic (exact) mass is 289 g/mol. The summed E-state index contributed by atoms with van der Waals surface area (Å²) in [5.74, 6) is 0.123. The second-order valence-electron chi connectivity index (χ2n) is 5.25. The molecule has 0 amide bonds. The molecule has 0 radical (unpaired) electrons. The van der Waals surface area contributed by atoms with Crippen LogP contribution in [0, 0.1) is 13.8 Å². The number of aromatic hydroxyl groups is 1. The molecule has 3 heteroatoms. The molecule has 0 aliphatic heterocycles. The van der Waals surface area contributed by atoms with Crippen LogP contribution in [0.15, 0.2) is 36.4 Å². The highest BCUT2D eigenvalue weighted by molar-refractivity contribution is 6.32. The number of aryl methyl sites for hydroxylation is 2. The van der Waals surface area contributed by atoms with Gasteiger partial charge >= 0.3 is 0 Å². The van der Waals surface area contributed by atoms with E-state index < -0.39 is 0 Å². The molecule has 2 rings (SSSR count). The van der Waals surface area contributed by atoms with Crippen LogP contribution < -0.4 is 5.32 Å². The zero-order chi connectivity index (χ0) is 14.7. The van der Waals surface area contributed by atoms with Gasteiger partial charge in [0.15, 0.2) is 0 Å². The van der Waals surface area contributed by atoms with Crippen molar-refractivity contribution in [3.05, 3.63) is 63.7 Å². The van der Waals surface area contributed by atoms with Gasteiger partial charge in [-0.1, -0.05) is 41.4 Å². The molecule has 1 unspecified atom stereocenters. The zero-order valence-electron chi connectivity index (χ0n) is 12.1. The molecule has 0 aromatic heterocycles. The van der Waals surface area contributed by atoms with Crippen LogP contribution >= 0.6 is 11.6 Å². The molecule has 2 aromatic rings. The lowest BCUT2D eigenvalue weighted by atomic mass is 10.00. The summed E-state index contributed by atoms with van der Waals surface area (Å²) >= 11 is 5.91. The van der Waals surface area contributed by atoms with E-state index >= 15 is 0 Å². The lowest BCUT2D eigenvalue weighted by Crippen LogP contribution is -2.18. The van der Waals surface area contributed by atoms with Gasteiger partial charge in [-0.25, -0.2) is 0 Å². The van der Waals surface area contributed by atoms with Gasteiger partial charge in [0, 0.05) is 12.6 Å². The van der Waals surface area contributed by atoms with Crippen molar-refractivity contribution >= 4 is 11.6 Å². The highest BCUT2D eigenvalue weighted by atomic mass is 35.5. The van der Waals surface area contributed by atoms with Gasteiger partial charge in [0.05, 0.1) is 5.02 Å². The zero-order valence-corrected chi connectivity index (χ0v) is 12.8. The van der Waals surface area contributed by atoms with Gasteiger partial charge in [0.1, 0.15) is 5.75 Å². The van der Waals surface area contributed by atoms with E-state index in [0.29, 0.717) is 11.6 Å². The number of hydrogen-bond acceptors (Lipinski definition) is 2. The number of rotatable bonds is 4. The van der Waals surface area contributed by atoms with Crippen molar-refractivity contribution in [2.24, 2.45) is 0 Å². The van der Waals surface area contributed by atoms with E-state index in [0.717, 1.165) is 5.56 Å². The number of halogens is 1. The molecule has 2 aromatic carbocycles. The minimum atomic E-state index is 0.123. The lowest BCUT2D eigenvalue weighted by Gasteiger charge is -2.17. The first-order chi connectivity index (χ1) is 9.47. The lowest BCUT2D eigenvalue weighted by molar-refractivity contribution is 0.475. The van der Waals surface area contributed by atoms with Gasteiger partial charge in [-0.2, -0.15) is 0 Å². The molecule has 106 valence electrons. The van der Waals surface area contributed by atoms with Gasteiger partial charge in [0.2, 0.25) is 0 Å². The fourth-order valence-electron chi connectivity index (χ4n) is 2.35. The van der Waals surface area contributed by atoms with Crippen LogP contribution in [-0.4, -0.2) is 5.11 Å². The molecule has 0 heterocycles. The Labute approximate surface area is 125 Å². The Bertz CT molecular complexity index is 610. The van der Waals surface area contributed by atoms with Crippen LogP contribution in [0.1, 0.15) is 35.2 Å². The van der Waals surface area contributed by atoms with Crippen molar-refractivity contribution in [3.8, 4) is 5.75 Å². The second-order valence-corrected chi connectivity index (χ2v) is 5.66. The van der Waals surface area contributed by atoms with Crippen LogP contribution in [0.4, 0.5) is 0 Å². The van der Waals surface area contributed by atoms with Crippen LogP contribution in [0.5, 0.6) is 5.75 Å². The van der Waals surface area contributed by atoms with Crippen LogP contribution in [0.3, 0.4) is 0 Å². The average Bonchev–Trinajstić information content (AvgIpc) is 2.40. The van der Waals surface area contributed by atoms with Crippen molar-refractivity contribution in [2.45, 2.75) is 33.4 Å². The van der Waals surface area contributed by atoms with Crippen molar-refractivity contribution < 1.29 is 5.11 Å². The summed E-state index contributed by atoms with van der Waals surface area (Å²) in [7, 11) is 0. The van der Waals surface area contributed by atoms with Crippen LogP contribution in [0.25, 0.3) is 0 Å². The van der Waals surface area contributed by atoms with Crippen molar-refractivity contribution in [3.63, 3.8) is 0 Å². The first-order valence-electron chi connectivity index (χ1n) is 6.75. The summed E-state index contributed by atoms with van der Waals surface area (Å²) in [6, 6.07) is 12.1. The first kappa shape index (κ1) is 14.9. The standard InChI is InChI=1S/C17H20ClNO/c1-11-4-6-15(12(2)8-11)13(3)19-10-14-5-7-17(20)16(18)9-14/h4-9,13,19-20H,10H2,1-3H3. The van der Waals surface area contributed by atoms with E-state index in [1.165, 1.54) is 16.7 Å². The van der Waals surface area contributed by atoms with Crippen LogP contribution in [-0.2, 0) is 6.54 Å². The van der Waals surface area contributed by atoms with Gasteiger partial charge in [-0.05, 0) is 49.6 Å². The Hall–Kier alpha value is -1.51. The molecule has 2 N–H and O–H groups in total. The third-order valence-corrected chi connectivity index (χ3v) is 3.82. The third-order valence-electron chi connectivity index (χ3n) is 3.52. The van der Waals surface area contributed by atoms with Crippen LogP contribution in [0.2, 0.25) is 5.02 Å². The molecule has 0 aliphatic rings. The predicted molar refractivity (Wildman–Crippen MR) is 84.3 cm³/mol. The first-order valence-corrected chi connectivity index (χ1v) is 7.13. The molecule has 0 bridgehead atoms. The maximum absolute atomic E-state index is 9.41. The van der Waals surface area contributed by atoms with Crippen molar-refractivity contribution in [1.82, 2.24) is 5.32 Å². The maximum Gasteiger partial charge on any atom is 0.134 e. The van der Waals surface area contributed by atoms with Crippen molar-refractivity contribution in [2.75, 3.05) is 0 Å². The highest BCUT2D eigenvalue weighted by Crippen LogP contribution is 2.24. The molecule has 20 heavy (non-hydrogen) atoms. The molecule has 0 fully saturated rings. The third kappa shape index (κ3) is 3.53. The minimum Gasteiger partial charge on any atom is -0.506 e. The van der Waals surface area contributed by atoms with Gasteiger partial charge in [-0.15, -0.1) is 0 Å². The van der Waals surface area contributed by atoms with Gasteiger partial charge in [0.25, 0.3) is 0 Å². The quantitative estimate of drug-likeness (QED) is 0.868. The summed E-state index contributed by atoms with van der Waals surface area (Å²) in [5, 5.41) is 13.3. The molecule has 0 spiro atoms. The topological polar surface area (TPSA) is 32.3 Å². The molecule has 1 atom stereocenters. The molecule has 0 aliphatic carbocycles. The average molecular weight is 290 g/mol. The Morgan fingerprint density at radius 1 is 1.15 bits per heavy atom. The Morgan fingerprint density at radius 2 is 1.90 bits per heavy atom. The van der Waals surface area contributed by atoms with Crippen molar-refractivity contribution in [1.29, 1.82) is 0 Å². The molecule has 0 saturated heterocycles. The summed E-state index contributed by atoms with van der Waals surface area (Å²) in [6.07, 6.45) is 0. The number of hydrogen-bond donors (Lipinski definition) is 2. The van der Waals surface area contributed by atoms with Gasteiger partial charge < -0.3 is 10.4 Å². The fraction of sp³-hybridized carbons (Fsp3) is 0.294. The second kappa shape index (κ2) is 6.29. The number of nitrogens with one attached hydrogen (secondary N) is 1. The molecular weight excluding hydrogens is 270 g/mol. The summed E-state index contributed by atoms with van der Waals surface area (Å²) in [6.45, 7) is 7.11. The SMILES string of the molecule is Cc1ccc(C(C)NCc2ccc(O)c(Cl)c2)c(C)c1. The largest absolute Gasteiger partial charge is 0.506 e. The number of phenols is 1. The van der Waals surface area contributed by atoms with E-state index in [-0.39, 0.29) is 11.8 Å². The predicted octanol–water partition coefficient (Wildman–Crippen LogP) is 4.51. The molecule has 2 nitrogen and oxygen atoms in total. The van der Waals surface area contributed by atoms with E-state index in [4.69, 9.17) is 11.6 Å². The Kier molecular flexibility index (Phi) is 4.69. The molecule has 0 saturated carbocycles. The number of phenolic OH excluding ortho intramolecular Hbond substituents is 1. The summed E-state index contributed by atoms with van der Waals surface area (Å²) < 4.78 is 0. The minimum absolute atomic E-state index is 0.123. The Morgan fingerprint density at radius 3 is 2.55 bits per heavy atom. The Balaban J connectivity index is 2.04. The smallest absolute Gasteiger partial charge is 0.134 e. The van der Waals surface area contributed by atoms with E-state index in [1.807, 2.05) is 6.07 Å². The highest BCUT2D eigenvalue weighted by Gasteiger charge is 2.08. The summed E-state index contributed by atoms with van der Waals surface area (Å²) in [4.78, 5) is 0. The van der Waals surface area contributed by atoms with Gasteiger partial charge in [-0.3, -0.25) is 0 Å². The fourth-order valence-corrected chi connectivity index (χ4v) is 2.56.